The number of rotatable bonds is 3. The van der Waals surface area contributed by atoms with Crippen molar-refractivity contribution >= 4 is 56.2 Å². The molecule has 130 valence electrons. The van der Waals surface area contributed by atoms with Crippen LogP contribution in [-0.4, -0.2) is 33.6 Å². The van der Waals surface area contributed by atoms with Gasteiger partial charge >= 0.3 is 5.97 Å². The van der Waals surface area contributed by atoms with Crippen LogP contribution in [0.15, 0.2) is 42.7 Å². The molecule has 0 atom stereocenters. The Morgan fingerprint density at radius 1 is 1.31 bits per heavy atom. The average Bonchev–Trinajstić information content (AvgIpc) is 3.22. The van der Waals surface area contributed by atoms with Gasteiger partial charge in [-0.15, -0.1) is 11.3 Å². The lowest BCUT2D eigenvalue weighted by Crippen LogP contribution is -2.12. The van der Waals surface area contributed by atoms with Gasteiger partial charge in [-0.2, -0.15) is 5.10 Å². The summed E-state index contributed by atoms with van der Waals surface area (Å²) in [5.41, 5.74) is 1.41. The van der Waals surface area contributed by atoms with Crippen molar-refractivity contribution in [2.75, 3.05) is 12.4 Å². The van der Waals surface area contributed by atoms with Crippen LogP contribution in [0.25, 0.3) is 15.7 Å². The molecule has 3 aromatic heterocycles. The summed E-state index contributed by atoms with van der Waals surface area (Å²) in [4.78, 5) is 28.7. The molecule has 0 saturated heterocycles. The zero-order chi connectivity index (χ0) is 18.3. The number of amides is 1. The fraction of sp³-hybridized carbons (Fsp3) is 0.0588. The topological polar surface area (TPSA) is 85.6 Å². The maximum Gasteiger partial charge on any atom is 0.349 e. The quantitative estimate of drug-likeness (QED) is 0.543. The Labute approximate surface area is 156 Å². The monoisotopic (exact) mass is 386 g/mol. The van der Waals surface area contributed by atoms with Gasteiger partial charge in [0.15, 0.2) is 11.3 Å². The van der Waals surface area contributed by atoms with Gasteiger partial charge in [0.2, 0.25) is 0 Å². The lowest BCUT2D eigenvalue weighted by molar-refractivity contribution is 0.0606. The van der Waals surface area contributed by atoms with Crippen LogP contribution in [0.4, 0.5) is 5.69 Å². The highest BCUT2D eigenvalue weighted by Gasteiger charge is 2.18. The number of methoxy groups -OCH3 is 1. The Balaban J connectivity index is 1.64. The first-order chi connectivity index (χ1) is 12.6. The highest BCUT2D eigenvalue weighted by Crippen LogP contribution is 2.37. The van der Waals surface area contributed by atoms with Crippen LogP contribution < -0.4 is 5.32 Å². The van der Waals surface area contributed by atoms with Crippen LogP contribution in [0.2, 0.25) is 5.02 Å². The third kappa shape index (κ3) is 2.79. The van der Waals surface area contributed by atoms with Gasteiger partial charge in [-0.25, -0.2) is 14.3 Å². The minimum atomic E-state index is -0.487. The van der Waals surface area contributed by atoms with Gasteiger partial charge in [-0.05, 0) is 24.3 Å². The third-order valence-corrected chi connectivity index (χ3v) is 5.36. The number of halogens is 1. The number of aromatic nitrogens is 3. The molecule has 0 unspecified atom stereocenters. The Morgan fingerprint density at radius 3 is 2.92 bits per heavy atom. The summed E-state index contributed by atoms with van der Waals surface area (Å²) in [5, 5.41) is 8.05. The first-order valence-electron chi connectivity index (χ1n) is 7.49. The second kappa shape index (κ2) is 6.40. The van der Waals surface area contributed by atoms with E-state index in [-0.39, 0.29) is 11.6 Å². The van der Waals surface area contributed by atoms with E-state index in [4.69, 9.17) is 16.3 Å². The van der Waals surface area contributed by atoms with Crippen molar-refractivity contribution in [3.8, 4) is 0 Å². The van der Waals surface area contributed by atoms with Crippen LogP contribution in [-0.2, 0) is 4.74 Å². The average molecular weight is 387 g/mol. The van der Waals surface area contributed by atoms with E-state index in [2.05, 4.69) is 15.4 Å². The number of fused-ring (bicyclic) bond motifs is 2. The molecule has 0 spiro atoms. The number of hydrogen-bond donors (Lipinski definition) is 1. The summed E-state index contributed by atoms with van der Waals surface area (Å²) < 4.78 is 7.02. The molecule has 7 nitrogen and oxygen atoms in total. The second-order valence-electron chi connectivity index (χ2n) is 5.35. The van der Waals surface area contributed by atoms with Gasteiger partial charge in [-0.1, -0.05) is 11.6 Å². The zero-order valence-corrected chi connectivity index (χ0v) is 15.0. The fourth-order valence-electron chi connectivity index (χ4n) is 2.50. The molecule has 0 fully saturated rings. The Hall–Kier alpha value is -2.97. The molecule has 1 aromatic carbocycles. The highest BCUT2D eigenvalue weighted by atomic mass is 35.5. The van der Waals surface area contributed by atoms with Crippen LogP contribution in [0.5, 0.6) is 0 Å². The molecular weight excluding hydrogens is 376 g/mol. The first-order valence-corrected chi connectivity index (χ1v) is 8.68. The van der Waals surface area contributed by atoms with Crippen molar-refractivity contribution in [3.05, 3.63) is 58.3 Å². The lowest BCUT2D eigenvalue weighted by Gasteiger charge is -2.03. The van der Waals surface area contributed by atoms with E-state index in [0.29, 0.717) is 21.2 Å². The van der Waals surface area contributed by atoms with Gasteiger partial charge in [0.25, 0.3) is 5.91 Å². The number of esters is 1. The maximum atomic E-state index is 12.4. The van der Waals surface area contributed by atoms with Crippen molar-refractivity contribution in [2.24, 2.45) is 0 Å². The molecule has 0 aliphatic carbocycles. The number of carbonyl (C=O) groups is 2. The lowest BCUT2D eigenvalue weighted by atomic mass is 10.2. The standard InChI is InChI=1S/C17H11ClN4O3S/c1-25-17(24)15-14(18)10-4-3-9(7-12(10)26-15)20-16(23)11-8-13-19-5-2-6-22(13)21-11/h2-8H,1H3,(H,20,23). The summed E-state index contributed by atoms with van der Waals surface area (Å²) in [7, 11) is 1.30. The molecule has 1 N–H and O–H groups in total. The van der Waals surface area contributed by atoms with E-state index >= 15 is 0 Å². The van der Waals surface area contributed by atoms with Crippen molar-refractivity contribution in [1.82, 2.24) is 14.6 Å². The SMILES string of the molecule is COC(=O)c1sc2cc(NC(=O)c3cc4ncccn4n3)ccc2c1Cl. The summed E-state index contributed by atoms with van der Waals surface area (Å²) >= 11 is 7.44. The van der Waals surface area contributed by atoms with E-state index in [1.807, 2.05) is 0 Å². The van der Waals surface area contributed by atoms with E-state index < -0.39 is 5.97 Å². The van der Waals surface area contributed by atoms with Crippen molar-refractivity contribution in [3.63, 3.8) is 0 Å². The van der Waals surface area contributed by atoms with Crippen molar-refractivity contribution in [1.29, 1.82) is 0 Å². The molecule has 4 aromatic rings. The smallest absolute Gasteiger partial charge is 0.349 e. The van der Waals surface area contributed by atoms with Crippen LogP contribution in [0.3, 0.4) is 0 Å². The van der Waals surface area contributed by atoms with Gasteiger partial charge in [0, 0.05) is 34.2 Å². The molecule has 3 heterocycles. The molecule has 1 amide bonds. The van der Waals surface area contributed by atoms with Gasteiger partial charge in [-0.3, -0.25) is 4.79 Å². The summed E-state index contributed by atoms with van der Waals surface area (Å²) in [5.74, 6) is -0.843. The summed E-state index contributed by atoms with van der Waals surface area (Å²) in [6.45, 7) is 0. The third-order valence-electron chi connectivity index (χ3n) is 3.73. The normalized spacial score (nSPS) is 11.0. The molecule has 9 heteroatoms. The van der Waals surface area contributed by atoms with Crippen LogP contribution in [0, 0.1) is 0 Å². The Kier molecular flexibility index (Phi) is 4.06. The number of ether oxygens (including phenoxy) is 1. The van der Waals surface area contributed by atoms with Crippen LogP contribution >= 0.6 is 22.9 Å². The highest BCUT2D eigenvalue weighted by molar-refractivity contribution is 7.21. The van der Waals surface area contributed by atoms with Gasteiger partial charge in [0.1, 0.15) is 4.88 Å². The molecule has 0 aliphatic heterocycles. The van der Waals surface area contributed by atoms with E-state index in [1.54, 1.807) is 42.7 Å². The van der Waals surface area contributed by atoms with E-state index in [9.17, 15) is 9.59 Å². The molecule has 0 radical (unpaired) electrons. The molecule has 0 saturated carbocycles. The summed E-state index contributed by atoms with van der Waals surface area (Å²) in [6.07, 6.45) is 3.35. The molecule has 0 aliphatic rings. The maximum absolute atomic E-state index is 12.4. The number of nitrogens with zero attached hydrogens (tertiary/aromatic N) is 3. The number of anilines is 1. The molecular formula is C17H11ClN4O3S. The van der Waals surface area contributed by atoms with Crippen molar-refractivity contribution < 1.29 is 14.3 Å². The largest absolute Gasteiger partial charge is 0.465 e. The minimum Gasteiger partial charge on any atom is -0.465 e. The first kappa shape index (κ1) is 16.5. The number of hydrogen-bond acceptors (Lipinski definition) is 6. The van der Waals surface area contributed by atoms with E-state index in [0.717, 1.165) is 10.1 Å². The number of carbonyl (C=O) groups excluding carboxylic acids is 2. The fourth-order valence-corrected chi connectivity index (χ4v) is 3.97. The Bertz CT molecular complexity index is 1130. The summed E-state index contributed by atoms with van der Waals surface area (Å²) in [6, 6.07) is 8.56. The zero-order valence-electron chi connectivity index (χ0n) is 13.4. The Morgan fingerprint density at radius 2 is 2.15 bits per heavy atom. The number of thiophene rings is 1. The van der Waals surface area contributed by atoms with Crippen molar-refractivity contribution in [2.45, 2.75) is 0 Å². The van der Waals surface area contributed by atoms with E-state index in [1.165, 1.54) is 23.0 Å². The number of nitrogens with one attached hydrogen (secondary N) is 1. The second-order valence-corrected chi connectivity index (χ2v) is 6.78. The predicted molar refractivity (Wildman–Crippen MR) is 99.1 cm³/mol. The molecule has 4 rings (SSSR count). The molecule has 0 bridgehead atoms. The minimum absolute atomic E-state index is 0.253. The van der Waals surface area contributed by atoms with Crippen LogP contribution in [0.1, 0.15) is 20.2 Å². The van der Waals surface area contributed by atoms with Gasteiger partial charge < -0.3 is 10.1 Å². The number of benzene rings is 1. The predicted octanol–water partition coefficient (Wildman–Crippen LogP) is 3.64. The van der Waals surface area contributed by atoms with Gasteiger partial charge in [0.05, 0.1) is 12.1 Å². The molecule has 26 heavy (non-hydrogen) atoms.